The number of benzene rings is 2. The molecule has 2 aromatic heterocycles. The summed E-state index contributed by atoms with van der Waals surface area (Å²) in [5, 5.41) is 3.77. The lowest BCUT2D eigenvalue weighted by Crippen LogP contribution is -2.48. The van der Waals surface area contributed by atoms with Gasteiger partial charge >= 0.3 is 0 Å². The molecule has 4 aromatic rings. The van der Waals surface area contributed by atoms with Crippen LogP contribution in [0.5, 0.6) is 11.5 Å². The van der Waals surface area contributed by atoms with Crippen LogP contribution in [0.4, 0.5) is 4.39 Å². The van der Waals surface area contributed by atoms with Crippen LogP contribution in [0, 0.1) is 5.82 Å². The first-order chi connectivity index (χ1) is 17.4. The van der Waals surface area contributed by atoms with Gasteiger partial charge in [0.15, 0.2) is 17.1 Å². The maximum atomic E-state index is 16.1. The topological polar surface area (TPSA) is 90.9 Å². The van der Waals surface area contributed by atoms with Crippen molar-refractivity contribution in [3.8, 4) is 22.6 Å². The molecule has 2 aromatic carbocycles. The van der Waals surface area contributed by atoms with Crippen LogP contribution in [0.25, 0.3) is 16.8 Å². The first-order valence-electron chi connectivity index (χ1n) is 11.8. The normalized spacial score (nSPS) is 20.9. The average Bonchev–Trinajstić information content (AvgIpc) is 3.64. The van der Waals surface area contributed by atoms with Crippen LogP contribution in [0.3, 0.4) is 0 Å². The summed E-state index contributed by atoms with van der Waals surface area (Å²) < 4.78 is 29.8. The van der Waals surface area contributed by atoms with Gasteiger partial charge in [0.1, 0.15) is 11.5 Å². The van der Waals surface area contributed by atoms with Crippen LogP contribution in [0.2, 0.25) is 5.02 Å². The van der Waals surface area contributed by atoms with Gasteiger partial charge < -0.3 is 24.9 Å². The van der Waals surface area contributed by atoms with E-state index in [4.69, 9.17) is 26.8 Å². The number of aromatic nitrogens is 2. The van der Waals surface area contributed by atoms with Crippen LogP contribution in [0.1, 0.15) is 34.3 Å². The van der Waals surface area contributed by atoms with E-state index in [-0.39, 0.29) is 27.8 Å². The van der Waals surface area contributed by atoms with E-state index < -0.39 is 17.3 Å². The van der Waals surface area contributed by atoms with Crippen LogP contribution < -0.4 is 20.5 Å². The van der Waals surface area contributed by atoms with Crippen molar-refractivity contribution < 1.29 is 18.7 Å². The van der Waals surface area contributed by atoms with Crippen LogP contribution in [-0.4, -0.2) is 35.0 Å². The monoisotopic (exact) mass is 506 g/mol. The molecule has 4 heterocycles. The first kappa shape index (κ1) is 22.8. The molecule has 2 aliphatic heterocycles. The van der Waals surface area contributed by atoms with Crippen molar-refractivity contribution in [1.82, 2.24) is 14.7 Å². The number of carbonyl (C=O) groups is 1. The van der Waals surface area contributed by atoms with Gasteiger partial charge in [-0.05, 0) is 24.9 Å². The number of fused-ring (bicyclic) bond motifs is 2. The number of ether oxygens (including phenoxy) is 2. The average molecular weight is 507 g/mol. The second-order valence-corrected chi connectivity index (χ2v) is 9.56. The summed E-state index contributed by atoms with van der Waals surface area (Å²) in [6, 6.07) is 11.7. The van der Waals surface area contributed by atoms with Crippen molar-refractivity contribution in [2.24, 2.45) is 5.73 Å². The number of imidazole rings is 1. The fourth-order valence-corrected chi connectivity index (χ4v) is 5.97. The Hall–Kier alpha value is -3.62. The number of nitrogens with zero attached hydrogens (tertiary/aromatic N) is 2. The van der Waals surface area contributed by atoms with E-state index in [2.05, 4.69) is 10.3 Å². The van der Waals surface area contributed by atoms with Crippen LogP contribution >= 0.6 is 11.6 Å². The molecule has 0 spiro atoms. The first-order valence-corrected chi connectivity index (χ1v) is 12.1. The Morgan fingerprint density at radius 3 is 2.83 bits per heavy atom. The standard InChI is InChI=1S/C27H24ClFN4O3/c1-35-19-12-18-16(13-27(36-18,20-8-5-9-31-20)15-6-3-2-4-7-15)21(23(19)28)22-17(25(30)34)14-33-11-10-32-26(33)24(22)29/h2-4,6-7,10-12,14,20,31H,5,8-9,13H2,1H3,(H2,30,34)/t20-,27-/m0/s1. The highest BCUT2D eigenvalue weighted by Crippen LogP contribution is 2.54. The molecule has 7 nitrogen and oxygen atoms in total. The maximum absolute atomic E-state index is 16.1. The van der Waals surface area contributed by atoms with Crippen LogP contribution in [0.15, 0.2) is 55.0 Å². The number of hydrogen-bond donors (Lipinski definition) is 2. The molecular formula is C27H24ClFN4O3. The van der Waals surface area contributed by atoms with Gasteiger partial charge in [0.2, 0.25) is 0 Å². The molecular weight excluding hydrogens is 483 g/mol. The molecule has 2 aliphatic rings. The summed E-state index contributed by atoms with van der Waals surface area (Å²) >= 11 is 6.86. The largest absolute Gasteiger partial charge is 0.495 e. The Morgan fingerprint density at radius 2 is 2.14 bits per heavy atom. The number of rotatable bonds is 5. The van der Waals surface area contributed by atoms with E-state index in [0.29, 0.717) is 29.0 Å². The van der Waals surface area contributed by atoms with Gasteiger partial charge in [0.05, 0.1) is 23.7 Å². The summed E-state index contributed by atoms with van der Waals surface area (Å²) in [4.78, 5) is 16.7. The van der Waals surface area contributed by atoms with Gasteiger partial charge in [-0.2, -0.15) is 0 Å². The lowest BCUT2D eigenvalue weighted by atomic mass is 9.80. The highest BCUT2D eigenvalue weighted by Gasteiger charge is 2.50. The third-order valence-electron chi connectivity index (χ3n) is 7.27. The molecule has 0 bridgehead atoms. The second-order valence-electron chi connectivity index (χ2n) is 9.18. The minimum Gasteiger partial charge on any atom is -0.495 e. The molecule has 36 heavy (non-hydrogen) atoms. The summed E-state index contributed by atoms with van der Waals surface area (Å²) in [5.41, 5.74) is 7.06. The molecule has 3 N–H and O–H groups in total. The molecule has 0 radical (unpaired) electrons. The molecule has 1 fully saturated rings. The third kappa shape index (κ3) is 3.28. The molecule has 2 atom stereocenters. The number of pyridine rings is 1. The van der Waals surface area contributed by atoms with E-state index in [1.165, 1.54) is 23.9 Å². The zero-order valence-corrected chi connectivity index (χ0v) is 20.3. The molecule has 6 rings (SSSR count). The fraction of sp³-hybridized carbons (Fsp3) is 0.259. The third-order valence-corrected chi connectivity index (χ3v) is 7.65. The highest BCUT2D eigenvalue weighted by molar-refractivity contribution is 6.35. The summed E-state index contributed by atoms with van der Waals surface area (Å²) in [5.74, 6) is -0.628. The van der Waals surface area contributed by atoms with Gasteiger partial charge in [0.25, 0.3) is 5.91 Å². The van der Waals surface area contributed by atoms with E-state index >= 15 is 4.39 Å². The number of hydrogen-bond acceptors (Lipinski definition) is 5. The van der Waals surface area contributed by atoms with Crippen molar-refractivity contribution >= 4 is 23.2 Å². The summed E-state index contributed by atoms with van der Waals surface area (Å²) in [6.07, 6.45) is 6.85. The number of nitrogens with two attached hydrogens (primary N) is 1. The molecule has 0 aliphatic carbocycles. The minimum atomic E-state index is -0.780. The molecule has 184 valence electrons. The van der Waals surface area contributed by atoms with E-state index in [1.54, 1.807) is 12.3 Å². The Balaban J connectivity index is 1.64. The molecule has 1 saturated heterocycles. The number of halogens is 2. The predicted molar refractivity (Wildman–Crippen MR) is 134 cm³/mol. The number of primary amides is 1. The number of nitrogens with one attached hydrogen (secondary N) is 1. The fourth-order valence-electron chi connectivity index (χ4n) is 5.63. The van der Waals surface area contributed by atoms with Crippen molar-refractivity contribution in [2.75, 3.05) is 13.7 Å². The van der Waals surface area contributed by atoms with Crippen LogP contribution in [-0.2, 0) is 12.0 Å². The maximum Gasteiger partial charge on any atom is 0.250 e. The Kier molecular flexibility index (Phi) is 5.39. The van der Waals surface area contributed by atoms with E-state index in [1.807, 2.05) is 30.3 Å². The SMILES string of the molecule is COc1cc2c(c(-c3c(C(N)=O)cn4ccnc4c3F)c1Cl)C[C@](c1ccccc1)([C@@H]1CCCN1)O2. The number of amides is 1. The van der Waals surface area contributed by atoms with Crippen molar-refractivity contribution in [1.29, 1.82) is 0 Å². The molecule has 9 heteroatoms. The van der Waals surface area contributed by atoms with Crippen molar-refractivity contribution in [3.63, 3.8) is 0 Å². The van der Waals surface area contributed by atoms with E-state index in [9.17, 15) is 4.79 Å². The molecule has 0 saturated carbocycles. The smallest absolute Gasteiger partial charge is 0.250 e. The summed E-state index contributed by atoms with van der Waals surface area (Å²) in [7, 11) is 1.48. The van der Waals surface area contributed by atoms with Gasteiger partial charge in [-0.3, -0.25) is 4.79 Å². The number of carbonyl (C=O) groups excluding carboxylic acids is 1. The predicted octanol–water partition coefficient (Wildman–Crippen LogP) is 4.48. The Bertz CT molecular complexity index is 1500. The quantitative estimate of drug-likeness (QED) is 0.416. The second kappa shape index (κ2) is 8.50. The zero-order valence-electron chi connectivity index (χ0n) is 19.6. The molecule has 0 unspecified atom stereocenters. The van der Waals surface area contributed by atoms with Crippen molar-refractivity contribution in [2.45, 2.75) is 30.9 Å². The minimum absolute atomic E-state index is 0.00630. The van der Waals surface area contributed by atoms with Gasteiger partial charge in [-0.25, -0.2) is 9.37 Å². The Labute approximate surface area is 212 Å². The summed E-state index contributed by atoms with van der Waals surface area (Å²) in [6.45, 7) is 0.882. The molecule has 1 amide bonds. The Morgan fingerprint density at radius 1 is 1.33 bits per heavy atom. The van der Waals surface area contributed by atoms with Gasteiger partial charge in [-0.1, -0.05) is 41.9 Å². The van der Waals surface area contributed by atoms with Gasteiger partial charge in [0, 0.05) is 47.8 Å². The van der Waals surface area contributed by atoms with E-state index in [0.717, 1.165) is 24.9 Å². The number of methoxy groups -OCH3 is 1. The zero-order chi connectivity index (χ0) is 25.0. The lowest BCUT2D eigenvalue weighted by Gasteiger charge is -2.35. The van der Waals surface area contributed by atoms with Crippen molar-refractivity contribution in [3.05, 3.63) is 82.5 Å². The highest BCUT2D eigenvalue weighted by atomic mass is 35.5. The van der Waals surface area contributed by atoms with Gasteiger partial charge in [-0.15, -0.1) is 0 Å². The lowest BCUT2D eigenvalue weighted by molar-refractivity contribution is 0.0539.